The lowest BCUT2D eigenvalue weighted by Crippen LogP contribution is -2.37. The lowest BCUT2D eigenvalue weighted by atomic mass is 10.2. The second kappa shape index (κ2) is 3.74. The molecular formula is C6H4F8. The standard InChI is InChI=1S/C6H4F8/c1-2(7)3(8)4(9)5(10,11)6(12,13)14/h2H,1H3/b4-3+. The molecule has 0 aliphatic heterocycles. The lowest BCUT2D eigenvalue weighted by molar-refractivity contribution is -0.271. The number of allylic oxidation sites excluding steroid dienone is 2. The van der Waals surface area contributed by atoms with Gasteiger partial charge in [0.2, 0.25) is 5.83 Å². The van der Waals surface area contributed by atoms with Crippen molar-refractivity contribution >= 4 is 0 Å². The largest absolute Gasteiger partial charge is 0.460 e. The van der Waals surface area contributed by atoms with Crippen molar-refractivity contribution in [3.05, 3.63) is 11.7 Å². The van der Waals surface area contributed by atoms with Gasteiger partial charge in [0.1, 0.15) is 0 Å². The SMILES string of the molecule is CC(F)/C(F)=C(\F)C(F)(F)C(F)(F)F. The molecular weight excluding hydrogens is 224 g/mol. The van der Waals surface area contributed by atoms with E-state index in [2.05, 4.69) is 0 Å². The lowest BCUT2D eigenvalue weighted by Gasteiger charge is -2.18. The summed E-state index contributed by atoms with van der Waals surface area (Å²) in [6.07, 6.45) is -9.15. The van der Waals surface area contributed by atoms with E-state index >= 15 is 0 Å². The molecule has 84 valence electrons. The number of halogens is 8. The van der Waals surface area contributed by atoms with Gasteiger partial charge in [-0.25, -0.2) is 13.2 Å². The van der Waals surface area contributed by atoms with Crippen LogP contribution in [0.2, 0.25) is 0 Å². The van der Waals surface area contributed by atoms with Crippen LogP contribution < -0.4 is 0 Å². The molecule has 0 aromatic carbocycles. The normalized spacial score (nSPS) is 17.8. The maximum Gasteiger partial charge on any atom is 0.460 e. The zero-order valence-corrected chi connectivity index (χ0v) is 6.60. The molecule has 1 atom stereocenters. The Morgan fingerprint density at radius 2 is 1.36 bits per heavy atom. The molecule has 0 nitrogen and oxygen atoms in total. The summed E-state index contributed by atoms with van der Waals surface area (Å²) >= 11 is 0. The fraction of sp³-hybridized carbons (Fsp3) is 0.667. The number of hydrogen-bond donors (Lipinski definition) is 0. The van der Waals surface area contributed by atoms with E-state index in [1.807, 2.05) is 0 Å². The van der Waals surface area contributed by atoms with E-state index in [9.17, 15) is 35.1 Å². The van der Waals surface area contributed by atoms with Crippen LogP contribution in [-0.4, -0.2) is 18.3 Å². The fourth-order valence-electron chi connectivity index (χ4n) is 0.449. The number of rotatable bonds is 2. The highest BCUT2D eigenvalue weighted by atomic mass is 19.4. The topological polar surface area (TPSA) is 0 Å². The summed E-state index contributed by atoms with van der Waals surface area (Å²) in [5.74, 6) is -12.2. The van der Waals surface area contributed by atoms with E-state index in [4.69, 9.17) is 0 Å². The Bertz CT molecular complexity index is 235. The van der Waals surface area contributed by atoms with Gasteiger partial charge in [-0.15, -0.1) is 0 Å². The minimum absolute atomic E-state index is 0.293. The van der Waals surface area contributed by atoms with Crippen LogP contribution in [-0.2, 0) is 0 Å². The molecule has 0 N–H and O–H groups in total. The molecule has 0 radical (unpaired) electrons. The highest BCUT2D eigenvalue weighted by Crippen LogP contribution is 2.43. The Morgan fingerprint density at radius 1 is 1.00 bits per heavy atom. The Kier molecular flexibility index (Phi) is 3.52. The molecule has 0 rings (SSSR count). The Hall–Kier alpha value is -0.820. The molecule has 0 bridgehead atoms. The molecule has 0 amide bonds. The zero-order chi connectivity index (χ0) is 11.7. The van der Waals surface area contributed by atoms with E-state index in [1.54, 1.807) is 0 Å². The summed E-state index contributed by atoms with van der Waals surface area (Å²) in [4.78, 5) is 0. The third-order valence-electron chi connectivity index (χ3n) is 1.19. The quantitative estimate of drug-likeness (QED) is 0.632. The van der Waals surface area contributed by atoms with Crippen molar-refractivity contribution in [3.63, 3.8) is 0 Å². The molecule has 14 heavy (non-hydrogen) atoms. The second-order valence-electron chi connectivity index (χ2n) is 2.35. The fourth-order valence-corrected chi connectivity index (χ4v) is 0.449. The monoisotopic (exact) mass is 228 g/mol. The molecule has 1 unspecified atom stereocenters. The molecule has 0 heterocycles. The van der Waals surface area contributed by atoms with Crippen LogP contribution in [0.5, 0.6) is 0 Å². The summed E-state index contributed by atoms with van der Waals surface area (Å²) < 4.78 is 94.2. The van der Waals surface area contributed by atoms with Crippen LogP contribution in [0.3, 0.4) is 0 Å². The molecule has 0 spiro atoms. The minimum atomic E-state index is -6.29. The van der Waals surface area contributed by atoms with Gasteiger partial charge in [-0.1, -0.05) is 0 Å². The van der Waals surface area contributed by atoms with Crippen molar-refractivity contribution in [2.45, 2.75) is 25.2 Å². The van der Waals surface area contributed by atoms with Crippen LogP contribution in [0.15, 0.2) is 11.7 Å². The van der Waals surface area contributed by atoms with Gasteiger partial charge >= 0.3 is 12.1 Å². The molecule has 0 fully saturated rings. The van der Waals surface area contributed by atoms with Gasteiger partial charge < -0.3 is 0 Å². The molecule has 0 aliphatic carbocycles. The molecule has 0 aromatic heterocycles. The van der Waals surface area contributed by atoms with Gasteiger partial charge in [0.05, 0.1) is 0 Å². The summed E-state index contributed by atoms with van der Waals surface area (Å²) in [6.45, 7) is 0.293. The van der Waals surface area contributed by atoms with E-state index < -0.39 is 29.9 Å². The van der Waals surface area contributed by atoms with Gasteiger partial charge in [-0.2, -0.15) is 22.0 Å². The predicted octanol–water partition coefficient (Wildman–Crippen LogP) is 3.69. The first-order chi connectivity index (χ1) is 6.01. The van der Waals surface area contributed by atoms with Crippen LogP contribution in [0.4, 0.5) is 35.1 Å². The molecule has 0 saturated carbocycles. The summed E-state index contributed by atoms with van der Waals surface area (Å²) in [5, 5.41) is 0. The summed E-state index contributed by atoms with van der Waals surface area (Å²) in [5.41, 5.74) is 0. The Balaban J connectivity index is 5.22. The van der Waals surface area contributed by atoms with Crippen molar-refractivity contribution in [1.82, 2.24) is 0 Å². The van der Waals surface area contributed by atoms with Crippen LogP contribution in [0.1, 0.15) is 6.92 Å². The summed E-state index contributed by atoms with van der Waals surface area (Å²) in [7, 11) is 0. The maximum atomic E-state index is 12.1. The maximum absolute atomic E-state index is 12.1. The van der Waals surface area contributed by atoms with Crippen LogP contribution >= 0.6 is 0 Å². The van der Waals surface area contributed by atoms with E-state index in [1.165, 1.54) is 0 Å². The van der Waals surface area contributed by atoms with E-state index in [0.717, 1.165) is 0 Å². The minimum Gasteiger partial charge on any atom is -0.240 e. The van der Waals surface area contributed by atoms with Crippen molar-refractivity contribution in [2.24, 2.45) is 0 Å². The highest BCUT2D eigenvalue weighted by molar-refractivity contribution is 5.14. The molecule has 0 saturated heterocycles. The van der Waals surface area contributed by atoms with E-state index in [-0.39, 0.29) is 0 Å². The third-order valence-corrected chi connectivity index (χ3v) is 1.19. The first-order valence-electron chi connectivity index (χ1n) is 3.16. The van der Waals surface area contributed by atoms with E-state index in [0.29, 0.717) is 6.92 Å². The first-order valence-corrected chi connectivity index (χ1v) is 3.16. The first kappa shape index (κ1) is 13.2. The van der Waals surface area contributed by atoms with Gasteiger partial charge in [-0.3, -0.25) is 0 Å². The zero-order valence-electron chi connectivity index (χ0n) is 6.60. The highest BCUT2D eigenvalue weighted by Gasteiger charge is 2.62. The van der Waals surface area contributed by atoms with Crippen molar-refractivity contribution in [1.29, 1.82) is 0 Å². The molecule has 0 aliphatic rings. The number of alkyl halides is 6. The third kappa shape index (κ3) is 2.36. The average molecular weight is 228 g/mol. The molecule has 8 heteroatoms. The van der Waals surface area contributed by atoms with Crippen LogP contribution in [0.25, 0.3) is 0 Å². The van der Waals surface area contributed by atoms with Crippen molar-refractivity contribution in [3.8, 4) is 0 Å². The van der Waals surface area contributed by atoms with Gasteiger partial charge in [-0.05, 0) is 6.92 Å². The average Bonchev–Trinajstić information content (AvgIpc) is 1.99. The smallest absolute Gasteiger partial charge is 0.240 e. The Labute approximate surface area is 73.2 Å². The molecule has 0 aromatic rings. The van der Waals surface area contributed by atoms with Gasteiger partial charge in [0.25, 0.3) is 0 Å². The second-order valence-corrected chi connectivity index (χ2v) is 2.35. The van der Waals surface area contributed by atoms with Crippen molar-refractivity contribution < 1.29 is 35.1 Å². The van der Waals surface area contributed by atoms with Crippen molar-refractivity contribution in [2.75, 3.05) is 0 Å². The van der Waals surface area contributed by atoms with Crippen LogP contribution in [0, 0.1) is 0 Å². The number of hydrogen-bond acceptors (Lipinski definition) is 0. The van der Waals surface area contributed by atoms with Gasteiger partial charge in [0, 0.05) is 0 Å². The predicted molar refractivity (Wildman–Crippen MR) is 30.8 cm³/mol. The van der Waals surface area contributed by atoms with Gasteiger partial charge in [0.15, 0.2) is 12.0 Å². The summed E-state index contributed by atoms with van der Waals surface area (Å²) in [6, 6.07) is 0. The Morgan fingerprint density at radius 3 is 1.57 bits per heavy atom.